The van der Waals surface area contributed by atoms with Gasteiger partial charge in [0.25, 0.3) is 0 Å². The zero-order valence-electron chi connectivity index (χ0n) is 18.5. The SMILES string of the molecule is CCCCc1c(N(C)C)c2ccccc2c2nc(-c3ccccc3)c3ccccc3c12. The third-order valence-corrected chi connectivity index (χ3v) is 6.21. The molecule has 0 amide bonds. The van der Waals surface area contributed by atoms with Crippen LogP contribution < -0.4 is 4.90 Å². The molecule has 0 saturated heterocycles. The second-order valence-electron chi connectivity index (χ2n) is 8.47. The molecule has 0 atom stereocenters. The van der Waals surface area contributed by atoms with Crippen molar-refractivity contribution in [3.05, 3.63) is 84.4 Å². The predicted octanol–water partition coefficient (Wildman–Crippen LogP) is 7.62. The molecule has 2 heteroatoms. The lowest BCUT2D eigenvalue weighted by atomic mass is 9.90. The molecule has 0 spiro atoms. The minimum Gasteiger partial charge on any atom is -0.377 e. The fourth-order valence-corrected chi connectivity index (χ4v) is 4.86. The van der Waals surface area contributed by atoms with Crippen molar-refractivity contribution in [1.29, 1.82) is 0 Å². The van der Waals surface area contributed by atoms with Gasteiger partial charge in [-0.05, 0) is 23.8 Å². The van der Waals surface area contributed by atoms with Crippen LogP contribution in [0.2, 0.25) is 0 Å². The van der Waals surface area contributed by atoms with Crippen LogP contribution in [0.5, 0.6) is 0 Å². The monoisotopic (exact) mass is 404 g/mol. The molecular weight excluding hydrogens is 376 g/mol. The van der Waals surface area contributed by atoms with E-state index >= 15 is 0 Å². The first-order valence-corrected chi connectivity index (χ1v) is 11.2. The molecule has 1 aromatic heterocycles. The first-order chi connectivity index (χ1) is 15.2. The van der Waals surface area contributed by atoms with Gasteiger partial charge in [-0.25, -0.2) is 4.98 Å². The van der Waals surface area contributed by atoms with Crippen LogP contribution >= 0.6 is 0 Å². The second-order valence-corrected chi connectivity index (χ2v) is 8.47. The van der Waals surface area contributed by atoms with Gasteiger partial charge in [0.2, 0.25) is 0 Å². The average Bonchev–Trinajstić information content (AvgIpc) is 2.81. The van der Waals surface area contributed by atoms with Gasteiger partial charge in [0.1, 0.15) is 0 Å². The fourth-order valence-electron chi connectivity index (χ4n) is 4.86. The number of aryl methyl sites for hydroxylation is 1. The third-order valence-electron chi connectivity index (χ3n) is 6.21. The summed E-state index contributed by atoms with van der Waals surface area (Å²) < 4.78 is 0. The molecule has 5 rings (SSSR count). The van der Waals surface area contributed by atoms with Crippen molar-refractivity contribution in [1.82, 2.24) is 4.98 Å². The molecule has 0 saturated carbocycles. The second kappa shape index (κ2) is 8.03. The smallest absolute Gasteiger partial charge is 0.0798 e. The Kier molecular flexibility index (Phi) is 5.07. The number of rotatable bonds is 5. The highest BCUT2D eigenvalue weighted by Gasteiger charge is 2.20. The minimum absolute atomic E-state index is 1.06. The van der Waals surface area contributed by atoms with Gasteiger partial charge in [0.05, 0.1) is 11.2 Å². The van der Waals surface area contributed by atoms with Crippen LogP contribution in [0.25, 0.3) is 43.7 Å². The van der Waals surface area contributed by atoms with E-state index in [0.29, 0.717) is 0 Å². The van der Waals surface area contributed by atoms with E-state index in [1.54, 1.807) is 0 Å². The van der Waals surface area contributed by atoms with Crippen LogP contribution in [-0.2, 0) is 6.42 Å². The van der Waals surface area contributed by atoms with Crippen molar-refractivity contribution in [2.45, 2.75) is 26.2 Å². The molecule has 5 aromatic rings. The number of hydrogen-bond acceptors (Lipinski definition) is 2. The maximum Gasteiger partial charge on any atom is 0.0798 e. The summed E-state index contributed by atoms with van der Waals surface area (Å²) in [6.07, 6.45) is 3.40. The van der Waals surface area contributed by atoms with Gasteiger partial charge in [0, 0.05) is 46.9 Å². The van der Waals surface area contributed by atoms with Crippen LogP contribution in [0, 0.1) is 0 Å². The topological polar surface area (TPSA) is 16.1 Å². The molecule has 154 valence electrons. The van der Waals surface area contributed by atoms with Crippen molar-refractivity contribution < 1.29 is 0 Å². The molecule has 0 unspecified atom stereocenters. The van der Waals surface area contributed by atoms with Gasteiger partial charge in [-0.3, -0.25) is 0 Å². The molecule has 0 N–H and O–H groups in total. The van der Waals surface area contributed by atoms with Crippen molar-refractivity contribution in [2.24, 2.45) is 0 Å². The van der Waals surface area contributed by atoms with E-state index in [4.69, 9.17) is 4.98 Å². The normalized spacial score (nSPS) is 11.5. The van der Waals surface area contributed by atoms with Crippen LogP contribution in [0.1, 0.15) is 25.3 Å². The van der Waals surface area contributed by atoms with Gasteiger partial charge in [-0.15, -0.1) is 0 Å². The van der Waals surface area contributed by atoms with E-state index in [-0.39, 0.29) is 0 Å². The number of unbranched alkanes of at least 4 members (excludes halogenated alkanes) is 1. The summed E-state index contributed by atoms with van der Waals surface area (Å²) in [6.45, 7) is 2.27. The Hall–Kier alpha value is -3.39. The number of pyridine rings is 1. The molecule has 0 radical (unpaired) electrons. The Labute approximate surface area is 184 Å². The van der Waals surface area contributed by atoms with Crippen molar-refractivity contribution in [2.75, 3.05) is 19.0 Å². The van der Waals surface area contributed by atoms with Gasteiger partial charge in [-0.1, -0.05) is 92.2 Å². The molecule has 0 aliphatic carbocycles. The average molecular weight is 405 g/mol. The molecule has 2 nitrogen and oxygen atoms in total. The summed E-state index contributed by atoms with van der Waals surface area (Å²) in [6, 6.07) is 28.1. The van der Waals surface area contributed by atoms with Gasteiger partial charge in [0.15, 0.2) is 0 Å². The minimum atomic E-state index is 1.06. The number of anilines is 1. The molecular formula is C29H28N2. The molecule has 0 fully saturated rings. The van der Waals surface area contributed by atoms with E-state index in [1.807, 2.05) is 0 Å². The Bertz CT molecular complexity index is 1380. The van der Waals surface area contributed by atoms with Crippen LogP contribution in [0.3, 0.4) is 0 Å². The third kappa shape index (κ3) is 3.23. The van der Waals surface area contributed by atoms with E-state index in [9.17, 15) is 0 Å². The highest BCUT2D eigenvalue weighted by Crippen LogP contribution is 2.43. The first kappa shape index (κ1) is 19.6. The lowest BCUT2D eigenvalue weighted by molar-refractivity contribution is 0.798. The van der Waals surface area contributed by atoms with E-state index in [0.717, 1.165) is 23.2 Å². The standard InChI is InChI=1S/C29H28N2/c1-4-5-15-25-26-21-16-9-10-17-22(21)27(20-13-7-6-8-14-20)30-28(26)23-18-11-12-19-24(23)29(25)31(2)3/h6-14,16-19H,4-5,15H2,1-3H3. The number of nitrogens with zero attached hydrogens (tertiary/aromatic N) is 2. The number of hydrogen-bond donors (Lipinski definition) is 0. The summed E-state index contributed by atoms with van der Waals surface area (Å²) in [5, 5.41) is 6.34. The van der Waals surface area contributed by atoms with Crippen molar-refractivity contribution in [3.63, 3.8) is 0 Å². The molecule has 0 bridgehead atoms. The molecule has 4 aromatic carbocycles. The van der Waals surface area contributed by atoms with Gasteiger partial charge in [-0.2, -0.15) is 0 Å². The fraction of sp³-hybridized carbons (Fsp3) is 0.207. The summed E-state index contributed by atoms with van der Waals surface area (Å²) in [4.78, 5) is 7.64. The lowest BCUT2D eigenvalue weighted by Crippen LogP contribution is -2.13. The summed E-state index contributed by atoms with van der Waals surface area (Å²) in [5.41, 5.74) is 6.09. The molecule has 1 heterocycles. The van der Waals surface area contributed by atoms with E-state index < -0.39 is 0 Å². The maximum absolute atomic E-state index is 5.35. The molecule has 0 aliphatic rings. The predicted molar refractivity (Wildman–Crippen MR) is 135 cm³/mol. The summed E-state index contributed by atoms with van der Waals surface area (Å²) in [5.74, 6) is 0. The van der Waals surface area contributed by atoms with Crippen LogP contribution in [-0.4, -0.2) is 19.1 Å². The number of fused-ring (bicyclic) bond motifs is 5. The quantitative estimate of drug-likeness (QED) is 0.280. The largest absolute Gasteiger partial charge is 0.377 e. The zero-order chi connectivity index (χ0) is 21.4. The Balaban J connectivity index is 2.03. The van der Waals surface area contributed by atoms with Crippen LogP contribution in [0.4, 0.5) is 5.69 Å². The highest BCUT2D eigenvalue weighted by molar-refractivity contribution is 6.22. The summed E-state index contributed by atoms with van der Waals surface area (Å²) >= 11 is 0. The van der Waals surface area contributed by atoms with E-state index in [2.05, 4.69) is 105 Å². The first-order valence-electron chi connectivity index (χ1n) is 11.2. The zero-order valence-corrected chi connectivity index (χ0v) is 18.5. The van der Waals surface area contributed by atoms with E-state index in [1.165, 1.54) is 51.0 Å². The Morgan fingerprint density at radius 2 is 1.32 bits per heavy atom. The highest BCUT2D eigenvalue weighted by atomic mass is 15.1. The maximum atomic E-state index is 5.35. The number of benzene rings is 4. The Morgan fingerprint density at radius 3 is 2.00 bits per heavy atom. The van der Waals surface area contributed by atoms with Crippen molar-refractivity contribution >= 4 is 38.1 Å². The number of aromatic nitrogens is 1. The lowest BCUT2D eigenvalue weighted by Gasteiger charge is -2.24. The Morgan fingerprint density at radius 1 is 0.710 bits per heavy atom. The molecule has 31 heavy (non-hydrogen) atoms. The van der Waals surface area contributed by atoms with Crippen molar-refractivity contribution in [3.8, 4) is 11.3 Å². The summed E-state index contributed by atoms with van der Waals surface area (Å²) in [7, 11) is 4.33. The van der Waals surface area contributed by atoms with Gasteiger partial charge >= 0.3 is 0 Å². The van der Waals surface area contributed by atoms with Crippen LogP contribution in [0.15, 0.2) is 78.9 Å². The molecule has 0 aliphatic heterocycles. The van der Waals surface area contributed by atoms with Gasteiger partial charge < -0.3 is 4.90 Å².